The Morgan fingerprint density at radius 2 is 1.75 bits per heavy atom. The van der Waals surface area contributed by atoms with Crippen LogP contribution in [0, 0.1) is 5.41 Å². The average molecular weight is 437 g/mol. The molecule has 0 bridgehead atoms. The summed E-state index contributed by atoms with van der Waals surface area (Å²) in [6, 6.07) is 19.0. The van der Waals surface area contributed by atoms with Crippen molar-refractivity contribution in [2.75, 3.05) is 39.9 Å². The fourth-order valence-electron chi connectivity index (χ4n) is 5.01. The van der Waals surface area contributed by atoms with E-state index in [2.05, 4.69) is 53.2 Å². The molecule has 1 amide bonds. The van der Waals surface area contributed by atoms with E-state index in [-0.39, 0.29) is 17.6 Å². The van der Waals surface area contributed by atoms with Crippen LogP contribution >= 0.6 is 0 Å². The Morgan fingerprint density at radius 3 is 2.41 bits per heavy atom. The number of carbonyl (C=O) groups excluding carboxylic acids is 1. The van der Waals surface area contributed by atoms with Crippen LogP contribution in [-0.4, -0.2) is 61.7 Å². The van der Waals surface area contributed by atoms with Gasteiger partial charge in [-0.1, -0.05) is 42.5 Å². The van der Waals surface area contributed by atoms with Crippen LogP contribution in [0.2, 0.25) is 0 Å². The van der Waals surface area contributed by atoms with E-state index in [1.807, 2.05) is 32.0 Å². The molecule has 5 nitrogen and oxygen atoms in total. The van der Waals surface area contributed by atoms with Gasteiger partial charge in [-0.3, -0.25) is 9.69 Å². The number of rotatable bonds is 6. The van der Waals surface area contributed by atoms with E-state index in [0.717, 1.165) is 44.6 Å². The van der Waals surface area contributed by atoms with E-state index in [1.165, 1.54) is 11.1 Å². The zero-order valence-electron chi connectivity index (χ0n) is 19.6. The molecule has 2 fully saturated rings. The van der Waals surface area contributed by atoms with Crippen LogP contribution in [0.25, 0.3) is 0 Å². The summed E-state index contributed by atoms with van der Waals surface area (Å²) in [5.41, 5.74) is 2.09. The van der Waals surface area contributed by atoms with Crippen molar-refractivity contribution in [1.82, 2.24) is 9.80 Å². The number of carbonyl (C=O) groups is 1. The molecule has 0 N–H and O–H groups in total. The predicted molar refractivity (Wildman–Crippen MR) is 127 cm³/mol. The molecule has 1 unspecified atom stereocenters. The Kier molecular flexibility index (Phi) is 7.17. The van der Waals surface area contributed by atoms with Crippen molar-refractivity contribution in [2.24, 2.45) is 5.41 Å². The number of hydrogen-bond acceptors (Lipinski definition) is 4. The number of benzene rings is 2. The van der Waals surface area contributed by atoms with Crippen molar-refractivity contribution in [3.8, 4) is 5.75 Å². The highest BCUT2D eigenvalue weighted by Gasteiger charge is 2.44. The van der Waals surface area contributed by atoms with Crippen molar-refractivity contribution in [1.29, 1.82) is 0 Å². The quantitative estimate of drug-likeness (QED) is 0.676. The molecule has 0 aliphatic carbocycles. The maximum Gasteiger partial charge on any atom is 0.229 e. The van der Waals surface area contributed by atoms with Gasteiger partial charge in [-0.2, -0.15) is 0 Å². The Morgan fingerprint density at radius 1 is 1.06 bits per heavy atom. The van der Waals surface area contributed by atoms with Gasteiger partial charge in [-0.15, -0.1) is 0 Å². The maximum atomic E-state index is 14.0. The molecule has 172 valence electrons. The first-order valence-corrected chi connectivity index (χ1v) is 11.8. The molecule has 2 aliphatic rings. The van der Waals surface area contributed by atoms with E-state index < -0.39 is 0 Å². The first kappa shape index (κ1) is 22.8. The van der Waals surface area contributed by atoms with E-state index in [4.69, 9.17) is 9.47 Å². The summed E-state index contributed by atoms with van der Waals surface area (Å²) in [5, 5.41) is 0. The van der Waals surface area contributed by atoms with Gasteiger partial charge in [-0.05, 0) is 63.4 Å². The van der Waals surface area contributed by atoms with E-state index in [0.29, 0.717) is 19.1 Å². The molecule has 2 saturated heterocycles. The van der Waals surface area contributed by atoms with Crippen LogP contribution in [0.5, 0.6) is 5.75 Å². The molecular weight excluding hydrogens is 400 g/mol. The van der Waals surface area contributed by atoms with Crippen LogP contribution in [0.3, 0.4) is 0 Å². The van der Waals surface area contributed by atoms with E-state index >= 15 is 0 Å². The Labute approximate surface area is 192 Å². The second kappa shape index (κ2) is 10.1. The van der Waals surface area contributed by atoms with Crippen LogP contribution in [-0.2, 0) is 16.0 Å². The number of amides is 1. The van der Waals surface area contributed by atoms with E-state index in [1.54, 1.807) is 0 Å². The Bertz CT molecular complexity index is 876. The molecule has 0 aromatic heterocycles. The minimum absolute atomic E-state index is 0.159. The number of nitrogens with zero attached hydrogens (tertiary/aromatic N) is 2. The van der Waals surface area contributed by atoms with Crippen LogP contribution in [0.15, 0.2) is 54.6 Å². The lowest BCUT2D eigenvalue weighted by molar-refractivity contribution is -0.151. The van der Waals surface area contributed by atoms with E-state index in [9.17, 15) is 4.79 Å². The van der Waals surface area contributed by atoms with Crippen molar-refractivity contribution in [2.45, 2.75) is 45.3 Å². The predicted octanol–water partition coefficient (Wildman–Crippen LogP) is 4.33. The zero-order chi connectivity index (χ0) is 22.6. The molecular formula is C27H36N2O3. The lowest BCUT2D eigenvalue weighted by Gasteiger charge is -2.45. The normalized spacial score (nSPS) is 21.5. The smallest absolute Gasteiger partial charge is 0.229 e. The van der Waals surface area contributed by atoms with Crippen LogP contribution in [0.4, 0.5) is 0 Å². The minimum Gasteiger partial charge on any atom is -0.491 e. The SMILES string of the molecule is CC(C)Oc1ccc(C2CN(C(=O)C3(Cc4ccccc4)CCOCC3)CCN2C)cc1. The van der Waals surface area contributed by atoms with Crippen molar-refractivity contribution in [3.05, 3.63) is 65.7 Å². The minimum atomic E-state index is -0.366. The zero-order valence-corrected chi connectivity index (χ0v) is 19.6. The molecule has 0 radical (unpaired) electrons. The number of hydrogen-bond donors (Lipinski definition) is 0. The summed E-state index contributed by atoms with van der Waals surface area (Å²) >= 11 is 0. The third kappa shape index (κ3) is 5.16. The van der Waals surface area contributed by atoms with Gasteiger partial charge in [0.2, 0.25) is 5.91 Å². The van der Waals surface area contributed by atoms with Gasteiger partial charge in [0.1, 0.15) is 5.75 Å². The monoisotopic (exact) mass is 436 g/mol. The third-order valence-corrected chi connectivity index (χ3v) is 6.86. The fraction of sp³-hybridized carbons (Fsp3) is 0.519. The molecule has 0 spiro atoms. The van der Waals surface area contributed by atoms with Gasteiger partial charge in [-0.25, -0.2) is 0 Å². The second-order valence-electron chi connectivity index (χ2n) is 9.54. The third-order valence-electron chi connectivity index (χ3n) is 6.86. The molecule has 2 heterocycles. The molecule has 5 heteroatoms. The summed E-state index contributed by atoms with van der Waals surface area (Å²) in [7, 11) is 2.15. The van der Waals surface area contributed by atoms with Crippen molar-refractivity contribution in [3.63, 3.8) is 0 Å². The molecule has 2 aromatic rings. The highest BCUT2D eigenvalue weighted by molar-refractivity contribution is 5.83. The van der Waals surface area contributed by atoms with Crippen molar-refractivity contribution < 1.29 is 14.3 Å². The highest BCUT2D eigenvalue weighted by Crippen LogP contribution is 2.38. The molecule has 4 rings (SSSR count). The molecule has 2 aliphatic heterocycles. The second-order valence-corrected chi connectivity index (χ2v) is 9.54. The number of ether oxygens (including phenoxy) is 2. The highest BCUT2D eigenvalue weighted by atomic mass is 16.5. The largest absolute Gasteiger partial charge is 0.491 e. The maximum absolute atomic E-state index is 14.0. The fourth-order valence-corrected chi connectivity index (χ4v) is 5.01. The average Bonchev–Trinajstić information content (AvgIpc) is 2.80. The summed E-state index contributed by atoms with van der Waals surface area (Å²) in [6.07, 6.45) is 2.53. The Hall–Kier alpha value is -2.37. The summed E-state index contributed by atoms with van der Waals surface area (Å²) in [5.74, 6) is 1.18. The van der Waals surface area contributed by atoms with Gasteiger partial charge in [0.25, 0.3) is 0 Å². The number of likely N-dealkylation sites (N-methyl/N-ethyl adjacent to an activating group) is 1. The topological polar surface area (TPSA) is 42.0 Å². The molecule has 2 aromatic carbocycles. The molecule has 0 saturated carbocycles. The molecule has 32 heavy (non-hydrogen) atoms. The lowest BCUT2D eigenvalue weighted by atomic mass is 9.73. The van der Waals surface area contributed by atoms with Gasteiger partial charge < -0.3 is 14.4 Å². The number of piperazine rings is 1. The van der Waals surface area contributed by atoms with Crippen LogP contribution < -0.4 is 4.74 Å². The van der Waals surface area contributed by atoms with Crippen LogP contribution in [0.1, 0.15) is 43.9 Å². The lowest BCUT2D eigenvalue weighted by Crippen LogP contribution is -2.55. The summed E-state index contributed by atoms with van der Waals surface area (Å²) in [4.78, 5) is 18.4. The Balaban J connectivity index is 1.52. The first-order valence-electron chi connectivity index (χ1n) is 11.8. The summed E-state index contributed by atoms with van der Waals surface area (Å²) in [6.45, 7) is 7.76. The van der Waals surface area contributed by atoms with Gasteiger partial charge in [0, 0.05) is 32.8 Å². The van der Waals surface area contributed by atoms with Gasteiger partial charge in [0.15, 0.2) is 0 Å². The first-order chi connectivity index (χ1) is 15.5. The van der Waals surface area contributed by atoms with Gasteiger partial charge >= 0.3 is 0 Å². The van der Waals surface area contributed by atoms with Crippen molar-refractivity contribution >= 4 is 5.91 Å². The standard InChI is InChI=1S/C27H36N2O3/c1-21(2)32-24-11-9-23(10-12-24)25-20-29(16-15-28(25)3)26(30)27(13-17-31-18-14-27)19-22-7-5-4-6-8-22/h4-12,21,25H,13-20H2,1-3H3. The molecule has 1 atom stereocenters. The summed E-state index contributed by atoms with van der Waals surface area (Å²) < 4.78 is 11.5. The van der Waals surface area contributed by atoms with Gasteiger partial charge in [0.05, 0.1) is 17.6 Å².